The zero-order valence-corrected chi connectivity index (χ0v) is 11.3. The molecule has 0 saturated carbocycles. The number of imidazole rings is 1. The first-order valence-corrected chi connectivity index (χ1v) is 6.81. The Morgan fingerprint density at radius 1 is 1.37 bits per heavy atom. The summed E-state index contributed by atoms with van der Waals surface area (Å²) < 4.78 is 7.70. The molecule has 19 heavy (non-hydrogen) atoms. The molecule has 2 aromatic heterocycles. The van der Waals surface area contributed by atoms with E-state index in [9.17, 15) is 0 Å². The second kappa shape index (κ2) is 5.24. The van der Waals surface area contributed by atoms with Gasteiger partial charge in [0.2, 0.25) is 0 Å². The molecule has 0 N–H and O–H groups in total. The van der Waals surface area contributed by atoms with Crippen molar-refractivity contribution in [1.82, 2.24) is 14.5 Å². The molecule has 0 aliphatic rings. The Balaban J connectivity index is 1.73. The van der Waals surface area contributed by atoms with E-state index < -0.39 is 0 Å². The zero-order valence-electron chi connectivity index (χ0n) is 10.5. The first kappa shape index (κ1) is 11.9. The second-order valence-corrected chi connectivity index (χ2v) is 5.18. The summed E-state index contributed by atoms with van der Waals surface area (Å²) in [6, 6.07) is 7.92. The van der Waals surface area contributed by atoms with E-state index in [1.54, 1.807) is 23.9 Å². The van der Waals surface area contributed by atoms with Gasteiger partial charge in [0.05, 0.1) is 22.7 Å². The molecule has 3 rings (SSSR count). The molecule has 3 aromatic rings. The Kier molecular flexibility index (Phi) is 3.29. The predicted octanol–water partition coefficient (Wildman–Crippen LogP) is 3.22. The van der Waals surface area contributed by atoms with E-state index in [1.807, 2.05) is 47.3 Å². The summed E-state index contributed by atoms with van der Waals surface area (Å²) in [5, 5.41) is 3.08. The van der Waals surface area contributed by atoms with Gasteiger partial charge >= 0.3 is 0 Å². The number of thiazole rings is 1. The highest BCUT2D eigenvalue weighted by atomic mass is 32.1. The van der Waals surface area contributed by atoms with Gasteiger partial charge in [0.15, 0.2) is 0 Å². The van der Waals surface area contributed by atoms with Gasteiger partial charge in [-0.3, -0.25) is 0 Å². The fraction of sp³-hybridized carbons (Fsp3) is 0.143. The fourth-order valence-electron chi connectivity index (χ4n) is 1.78. The van der Waals surface area contributed by atoms with Crippen molar-refractivity contribution in [3.8, 4) is 11.4 Å². The van der Waals surface area contributed by atoms with Crippen LogP contribution >= 0.6 is 11.3 Å². The molecule has 96 valence electrons. The zero-order chi connectivity index (χ0) is 13.1. The quantitative estimate of drug-likeness (QED) is 0.731. The second-order valence-electron chi connectivity index (χ2n) is 4.11. The molecule has 0 amide bonds. The summed E-state index contributed by atoms with van der Waals surface area (Å²) in [5.41, 5.74) is 2.00. The van der Waals surface area contributed by atoms with Gasteiger partial charge in [-0.1, -0.05) is 6.07 Å². The van der Waals surface area contributed by atoms with Gasteiger partial charge in [0, 0.05) is 23.8 Å². The number of benzene rings is 1. The van der Waals surface area contributed by atoms with Crippen LogP contribution < -0.4 is 4.74 Å². The number of aryl methyl sites for hydroxylation is 1. The summed E-state index contributed by atoms with van der Waals surface area (Å²) >= 11 is 1.64. The number of hydrogen-bond acceptors (Lipinski definition) is 4. The molecule has 0 unspecified atom stereocenters. The van der Waals surface area contributed by atoms with Crippen molar-refractivity contribution in [2.24, 2.45) is 0 Å². The molecule has 2 heterocycles. The first-order valence-electron chi connectivity index (χ1n) is 5.93. The smallest absolute Gasteiger partial charge is 0.131 e. The summed E-state index contributed by atoms with van der Waals surface area (Å²) in [5.74, 6) is 0.830. The van der Waals surface area contributed by atoms with Crippen molar-refractivity contribution in [3.05, 3.63) is 59.1 Å². The molecule has 0 radical (unpaired) electrons. The van der Waals surface area contributed by atoms with Crippen LogP contribution in [0.3, 0.4) is 0 Å². The van der Waals surface area contributed by atoms with Gasteiger partial charge in [-0.2, -0.15) is 0 Å². The molecule has 0 atom stereocenters. The lowest BCUT2D eigenvalue weighted by Gasteiger charge is -2.07. The van der Waals surface area contributed by atoms with Gasteiger partial charge in [0.1, 0.15) is 12.4 Å². The van der Waals surface area contributed by atoms with Crippen molar-refractivity contribution in [3.63, 3.8) is 0 Å². The van der Waals surface area contributed by atoms with Gasteiger partial charge in [-0.05, 0) is 19.1 Å². The average molecular weight is 271 g/mol. The average Bonchev–Trinajstić information content (AvgIpc) is 3.08. The minimum atomic E-state index is 0.498. The first-order chi connectivity index (χ1) is 9.31. The maximum absolute atomic E-state index is 5.75. The minimum absolute atomic E-state index is 0.498. The topological polar surface area (TPSA) is 39.9 Å². The Morgan fingerprint density at radius 2 is 2.32 bits per heavy atom. The highest BCUT2D eigenvalue weighted by molar-refractivity contribution is 7.09. The van der Waals surface area contributed by atoms with Crippen molar-refractivity contribution < 1.29 is 4.74 Å². The van der Waals surface area contributed by atoms with Crippen LogP contribution in [0, 0.1) is 6.92 Å². The van der Waals surface area contributed by atoms with E-state index in [4.69, 9.17) is 4.74 Å². The third-order valence-corrected chi connectivity index (χ3v) is 3.50. The van der Waals surface area contributed by atoms with E-state index >= 15 is 0 Å². The van der Waals surface area contributed by atoms with Gasteiger partial charge in [-0.25, -0.2) is 9.97 Å². The molecular weight excluding hydrogens is 258 g/mol. The number of nitrogens with zero attached hydrogens (tertiary/aromatic N) is 3. The molecule has 5 heteroatoms. The molecule has 4 nitrogen and oxygen atoms in total. The molecular formula is C14H13N3OS. The summed E-state index contributed by atoms with van der Waals surface area (Å²) in [7, 11) is 0. The Morgan fingerprint density at radius 3 is 3.05 bits per heavy atom. The monoisotopic (exact) mass is 271 g/mol. The van der Waals surface area contributed by atoms with Crippen LogP contribution in [0.4, 0.5) is 0 Å². The number of rotatable bonds is 4. The third kappa shape index (κ3) is 2.82. The molecule has 0 fully saturated rings. The number of hydrogen-bond donors (Lipinski definition) is 0. The Labute approximate surface area is 115 Å². The summed E-state index contributed by atoms with van der Waals surface area (Å²) in [4.78, 5) is 8.41. The van der Waals surface area contributed by atoms with E-state index in [1.165, 1.54) is 0 Å². The fourth-order valence-corrected chi connectivity index (χ4v) is 2.37. The number of aromatic nitrogens is 3. The van der Waals surface area contributed by atoms with Crippen LogP contribution in [0.2, 0.25) is 0 Å². The van der Waals surface area contributed by atoms with Crippen LogP contribution in [0.15, 0.2) is 48.4 Å². The third-order valence-electron chi connectivity index (χ3n) is 2.67. The van der Waals surface area contributed by atoms with Gasteiger partial charge < -0.3 is 9.30 Å². The highest BCUT2D eigenvalue weighted by Crippen LogP contribution is 2.18. The lowest BCUT2D eigenvalue weighted by molar-refractivity contribution is 0.302. The lowest BCUT2D eigenvalue weighted by atomic mass is 10.3. The predicted molar refractivity (Wildman–Crippen MR) is 74.7 cm³/mol. The lowest BCUT2D eigenvalue weighted by Crippen LogP contribution is -1.97. The maximum atomic E-state index is 5.75. The molecule has 1 aromatic carbocycles. The van der Waals surface area contributed by atoms with Crippen molar-refractivity contribution in [2.75, 3.05) is 0 Å². The largest absolute Gasteiger partial charge is 0.487 e. The summed E-state index contributed by atoms with van der Waals surface area (Å²) in [6.07, 6.45) is 5.43. The van der Waals surface area contributed by atoms with Gasteiger partial charge in [-0.15, -0.1) is 11.3 Å². The van der Waals surface area contributed by atoms with Crippen LogP contribution in [0.25, 0.3) is 5.69 Å². The SMILES string of the molecule is Cc1nc(COc2cccc(-n3ccnc3)c2)cs1. The van der Waals surface area contributed by atoms with Crippen molar-refractivity contribution >= 4 is 11.3 Å². The molecule has 0 spiro atoms. The van der Waals surface area contributed by atoms with E-state index in [2.05, 4.69) is 9.97 Å². The highest BCUT2D eigenvalue weighted by Gasteiger charge is 2.02. The Hall–Kier alpha value is -2.14. The minimum Gasteiger partial charge on any atom is -0.487 e. The van der Waals surface area contributed by atoms with Crippen LogP contribution in [-0.4, -0.2) is 14.5 Å². The number of ether oxygens (including phenoxy) is 1. The standard InChI is InChI=1S/C14H13N3OS/c1-11-16-12(9-19-11)8-18-14-4-2-3-13(7-14)17-6-5-15-10-17/h2-7,9-10H,8H2,1H3. The normalized spacial score (nSPS) is 10.6. The van der Waals surface area contributed by atoms with Gasteiger partial charge in [0.25, 0.3) is 0 Å². The molecule has 0 aliphatic carbocycles. The van der Waals surface area contributed by atoms with E-state index in [0.717, 1.165) is 22.1 Å². The van der Waals surface area contributed by atoms with Crippen LogP contribution in [-0.2, 0) is 6.61 Å². The van der Waals surface area contributed by atoms with Crippen molar-refractivity contribution in [2.45, 2.75) is 13.5 Å². The van der Waals surface area contributed by atoms with Crippen LogP contribution in [0.1, 0.15) is 10.7 Å². The molecule has 0 saturated heterocycles. The maximum Gasteiger partial charge on any atom is 0.131 e. The Bertz CT molecular complexity index is 661. The van der Waals surface area contributed by atoms with E-state index in [0.29, 0.717) is 6.61 Å². The summed E-state index contributed by atoms with van der Waals surface area (Å²) in [6.45, 7) is 2.49. The van der Waals surface area contributed by atoms with E-state index in [-0.39, 0.29) is 0 Å². The molecule has 0 aliphatic heterocycles. The van der Waals surface area contributed by atoms with Crippen molar-refractivity contribution in [1.29, 1.82) is 0 Å². The van der Waals surface area contributed by atoms with Crippen LogP contribution in [0.5, 0.6) is 5.75 Å². The molecule has 0 bridgehead atoms.